The van der Waals surface area contributed by atoms with Gasteiger partial charge in [0.05, 0.1) is 19.1 Å². The van der Waals surface area contributed by atoms with Crippen LogP contribution < -0.4 is 15.8 Å². The van der Waals surface area contributed by atoms with Crippen LogP contribution >= 0.6 is 0 Å². The van der Waals surface area contributed by atoms with Gasteiger partial charge >= 0.3 is 0 Å². The van der Waals surface area contributed by atoms with Crippen LogP contribution in [-0.2, 0) is 22.6 Å². The summed E-state index contributed by atoms with van der Waals surface area (Å²) >= 11 is 0. The maximum Gasteiger partial charge on any atom is 0.257 e. The Kier molecular flexibility index (Phi) is 6.22. The molecule has 3 amide bonds. The number of ether oxygens (including phenoxy) is 1. The summed E-state index contributed by atoms with van der Waals surface area (Å²) in [5.74, 6) is 3.49. The van der Waals surface area contributed by atoms with E-state index in [1.54, 1.807) is 36.5 Å². The van der Waals surface area contributed by atoms with Gasteiger partial charge in [0.25, 0.3) is 5.91 Å². The molecule has 10 heteroatoms. The number of rotatable bonds is 5. The smallest absolute Gasteiger partial charge is 0.257 e. The van der Waals surface area contributed by atoms with Crippen LogP contribution in [0.25, 0.3) is 0 Å². The van der Waals surface area contributed by atoms with Crippen LogP contribution in [0.3, 0.4) is 0 Å². The first-order valence-electron chi connectivity index (χ1n) is 10.6. The van der Waals surface area contributed by atoms with E-state index in [9.17, 15) is 18.8 Å². The van der Waals surface area contributed by atoms with Crippen LogP contribution in [0.15, 0.2) is 41.4 Å². The normalized spacial score (nSPS) is 19.1. The van der Waals surface area contributed by atoms with E-state index in [2.05, 4.69) is 22.2 Å². The number of nitriles is 1. The zero-order valence-electron chi connectivity index (χ0n) is 18.7. The highest BCUT2D eigenvalue weighted by molar-refractivity contribution is 6.08. The van der Waals surface area contributed by atoms with Crippen molar-refractivity contribution in [2.45, 2.75) is 19.4 Å². The van der Waals surface area contributed by atoms with Crippen molar-refractivity contribution in [3.63, 3.8) is 0 Å². The predicted octanol–water partition coefficient (Wildman–Crippen LogP) is 1.26. The Labute approximate surface area is 200 Å². The van der Waals surface area contributed by atoms with Crippen LogP contribution in [0.2, 0.25) is 0 Å². The molecule has 1 saturated heterocycles. The zero-order valence-corrected chi connectivity index (χ0v) is 18.7. The number of carbonyl (C=O) groups excluding carboxylic acids is 3. The van der Waals surface area contributed by atoms with Crippen molar-refractivity contribution in [1.29, 1.82) is 5.26 Å². The summed E-state index contributed by atoms with van der Waals surface area (Å²) in [6, 6.07) is 9.98. The Hall–Kier alpha value is -4.70. The minimum Gasteiger partial charge on any atom is -0.494 e. The molecule has 0 aliphatic carbocycles. The van der Waals surface area contributed by atoms with Gasteiger partial charge in [0, 0.05) is 25.1 Å². The number of amides is 3. The Morgan fingerprint density at radius 3 is 2.63 bits per heavy atom. The fraction of sp³-hybridized carbons (Fsp3) is 0.240. The summed E-state index contributed by atoms with van der Waals surface area (Å²) in [7, 11) is 1.31. The molecule has 2 aromatic carbocycles. The summed E-state index contributed by atoms with van der Waals surface area (Å²) in [6.07, 6.45) is 1.70. The summed E-state index contributed by atoms with van der Waals surface area (Å²) in [5.41, 5.74) is 5.92. The molecule has 0 spiro atoms. The highest BCUT2D eigenvalue weighted by Crippen LogP contribution is 2.35. The van der Waals surface area contributed by atoms with Gasteiger partial charge in [-0.15, -0.1) is 0 Å². The van der Waals surface area contributed by atoms with Gasteiger partial charge in [0.2, 0.25) is 18.0 Å². The van der Waals surface area contributed by atoms with Crippen LogP contribution in [0.5, 0.6) is 5.75 Å². The Morgan fingerprint density at radius 1 is 1.26 bits per heavy atom. The molecule has 0 unspecified atom stereocenters. The molecule has 1 fully saturated rings. The second-order valence-electron chi connectivity index (χ2n) is 8.24. The number of aliphatic imine (C=N–C) groups is 1. The second-order valence-corrected chi connectivity index (χ2v) is 8.24. The molecule has 2 heterocycles. The number of imide groups is 1. The zero-order chi connectivity index (χ0) is 25.2. The molecule has 35 heavy (non-hydrogen) atoms. The highest BCUT2D eigenvalue weighted by atomic mass is 19.1. The third-order valence-corrected chi connectivity index (χ3v) is 5.86. The fourth-order valence-corrected chi connectivity index (χ4v) is 4.13. The van der Waals surface area contributed by atoms with E-state index in [1.807, 2.05) is 0 Å². The highest BCUT2D eigenvalue weighted by Gasteiger charge is 2.49. The molecule has 0 radical (unpaired) electrons. The number of halogens is 1. The largest absolute Gasteiger partial charge is 0.494 e. The first-order chi connectivity index (χ1) is 16.8. The molecular formula is C25H20FN5O4. The van der Waals surface area contributed by atoms with Gasteiger partial charge in [-0.3, -0.25) is 19.7 Å². The number of fused-ring (bicyclic) bond motifs is 1. The Morgan fingerprint density at radius 2 is 2.00 bits per heavy atom. The maximum absolute atomic E-state index is 14.7. The number of benzene rings is 2. The molecule has 176 valence electrons. The molecule has 2 aliphatic rings. The van der Waals surface area contributed by atoms with Crippen molar-refractivity contribution in [1.82, 2.24) is 10.2 Å². The first-order valence-corrected chi connectivity index (χ1v) is 10.6. The molecule has 2 aromatic rings. The minimum atomic E-state index is -1.47. The number of hydrogen-bond donors (Lipinski definition) is 2. The standard InChI is InChI=1S/C25H20FN5O4/c1-35-18-7-6-17-12-31(23(33)21(17)22(18)26)13-25(11-20(32)30-24(25)34)9-8-15-2-4-16(5-3-15)10-19(28)29-14-27/h2-7H,10-13H2,1H3,(H2,28,29)(H,30,32,34)/t25-/m1/s1. The number of methoxy groups -OCH3 is 1. The molecule has 0 saturated carbocycles. The number of hydrogen-bond acceptors (Lipinski definition) is 6. The van der Waals surface area contributed by atoms with Crippen LogP contribution in [0, 0.1) is 34.5 Å². The molecule has 3 N–H and O–H groups in total. The lowest BCUT2D eigenvalue weighted by Crippen LogP contribution is -2.42. The van der Waals surface area contributed by atoms with Crippen molar-refractivity contribution < 1.29 is 23.5 Å². The molecule has 1 atom stereocenters. The van der Waals surface area contributed by atoms with E-state index in [-0.39, 0.29) is 36.7 Å². The number of amidine groups is 1. The van der Waals surface area contributed by atoms with Gasteiger partial charge in [-0.05, 0) is 29.3 Å². The first kappa shape index (κ1) is 23.5. The summed E-state index contributed by atoms with van der Waals surface area (Å²) in [4.78, 5) is 42.6. The van der Waals surface area contributed by atoms with Crippen molar-refractivity contribution in [2.75, 3.05) is 13.7 Å². The van der Waals surface area contributed by atoms with Crippen molar-refractivity contribution >= 4 is 23.6 Å². The molecule has 2 aliphatic heterocycles. The van der Waals surface area contributed by atoms with Gasteiger partial charge < -0.3 is 15.4 Å². The summed E-state index contributed by atoms with van der Waals surface area (Å²) < 4.78 is 19.7. The van der Waals surface area contributed by atoms with Crippen molar-refractivity contribution in [3.8, 4) is 23.8 Å². The average molecular weight is 473 g/mol. The van der Waals surface area contributed by atoms with E-state index < -0.39 is 29.0 Å². The van der Waals surface area contributed by atoms with Gasteiger partial charge in [-0.1, -0.05) is 30.0 Å². The monoisotopic (exact) mass is 473 g/mol. The van der Waals surface area contributed by atoms with Crippen LogP contribution in [-0.4, -0.2) is 42.1 Å². The minimum absolute atomic E-state index is 0.0497. The average Bonchev–Trinajstić information content (AvgIpc) is 3.29. The van der Waals surface area contributed by atoms with E-state index in [0.29, 0.717) is 17.5 Å². The lowest BCUT2D eigenvalue weighted by atomic mass is 9.85. The lowest BCUT2D eigenvalue weighted by molar-refractivity contribution is -0.127. The second kappa shape index (κ2) is 9.27. The van der Waals surface area contributed by atoms with Gasteiger partial charge in [-0.25, -0.2) is 4.39 Å². The SMILES string of the molecule is COc1ccc2c(c1F)C(=O)N(C[C@@]1(C#Cc3ccc(CC(N)=NC#N)cc3)CC(=O)NC1=O)C2. The van der Waals surface area contributed by atoms with E-state index >= 15 is 0 Å². The summed E-state index contributed by atoms with van der Waals surface area (Å²) in [6.45, 7) is -0.0908. The predicted molar refractivity (Wildman–Crippen MR) is 122 cm³/mol. The maximum atomic E-state index is 14.7. The summed E-state index contributed by atoms with van der Waals surface area (Å²) in [5, 5.41) is 10.8. The molecule has 4 rings (SSSR count). The van der Waals surface area contributed by atoms with Crippen LogP contribution in [0.4, 0.5) is 4.39 Å². The molecule has 9 nitrogen and oxygen atoms in total. The van der Waals surface area contributed by atoms with Crippen LogP contribution in [0.1, 0.15) is 33.5 Å². The Bertz CT molecular complexity index is 1370. The quantitative estimate of drug-likeness (QED) is 0.220. The number of nitrogens with one attached hydrogen (secondary N) is 1. The van der Waals surface area contributed by atoms with E-state index in [0.717, 1.165) is 5.56 Å². The number of nitrogens with zero attached hydrogens (tertiary/aromatic N) is 3. The van der Waals surface area contributed by atoms with E-state index in [1.165, 1.54) is 18.1 Å². The van der Waals surface area contributed by atoms with Gasteiger partial charge in [0.1, 0.15) is 11.3 Å². The molecular weight excluding hydrogens is 453 g/mol. The van der Waals surface area contributed by atoms with Gasteiger partial charge in [0.15, 0.2) is 11.6 Å². The molecule has 0 aromatic heterocycles. The topological polar surface area (TPSA) is 138 Å². The number of carbonyl (C=O) groups is 3. The lowest BCUT2D eigenvalue weighted by Gasteiger charge is -2.25. The molecule has 0 bridgehead atoms. The van der Waals surface area contributed by atoms with E-state index in [4.69, 9.17) is 15.7 Å². The van der Waals surface area contributed by atoms with Gasteiger partial charge in [-0.2, -0.15) is 10.3 Å². The third-order valence-electron chi connectivity index (χ3n) is 5.86. The van der Waals surface area contributed by atoms with Crippen molar-refractivity contribution in [2.24, 2.45) is 16.1 Å². The third kappa shape index (κ3) is 4.55. The van der Waals surface area contributed by atoms with Crippen molar-refractivity contribution in [3.05, 3.63) is 64.5 Å². The fourth-order valence-electron chi connectivity index (χ4n) is 4.13. The number of nitrogens with two attached hydrogens (primary N) is 1. The Balaban J connectivity index is 1.59.